The van der Waals surface area contributed by atoms with Gasteiger partial charge in [-0.25, -0.2) is 9.79 Å². The van der Waals surface area contributed by atoms with E-state index in [0.717, 1.165) is 19.3 Å². The zero-order valence-electron chi connectivity index (χ0n) is 12.3. The van der Waals surface area contributed by atoms with Crippen molar-refractivity contribution in [3.8, 4) is 0 Å². The smallest absolute Gasteiger partial charge is 0.356 e. The van der Waals surface area contributed by atoms with E-state index in [1.807, 2.05) is 26.0 Å². The third-order valence-corrected chi connectivity index (χ3v) is 5.32. The molecule has 0 saturated heterocycles. The molecule has 4 nitrogen and oxygen atoms in total. The quantitative estimate of drug-likeness (QED) is 0.286. The van der Waals surface area contributed by atoms with Crippen LogP contribution in [0, 0.1) is 0 Å². The number of aliphatic imine (C=N–C) groups is 1. The van der Waals surface area contributed by atoms with Crippen molar-refractivity contribution in [2.24, 2.45) is 4.99 Å². The van der Waals surface area contributed by atoms with Crippen LogP contribution in [0.15, 0.2) is 29.3 Å². The molecule has 20 heavy (non-hydrogen) atoms. The molecule has 1 rings (SSSR count). The Hall–Kier alpha value is -1.26. The fourth-order valence-electron chi connectivity index (χ4n) is 2.07. The Morgan fingerprint density at radius 2 is 1.85 bits per heavy atom. The van der Waals surface area contributed by atoms with Crippen LogP contribution in [0.25, 0.3) is 0 Å². The van der Waals surface area contributed by atoms with E-state index in [9.17, 15) is 4.79 Å². The highest BCUT2D eigenvalue weighted by molar-refractivity contribution is 6.61. The number of nitrogens with zero attached hydrogens (tertiary/aromatic N) is 1. The van der Waals surface area contributed by atoms with Gasteiger partial charge >= 0.3 is 9.28 Å². The summed E-state index contributed by atoms with van der Waals surface area (Å²) < 4.78 is 11.6. The highest BCUT2D eigenvalue weighted by atomic mass is 28.3. The molecule has 0 amide bonds. The van der Waals surface area contributed by atoms with Gasteiger partial charge in [0.25, 0.3) is 0 Å². The standard InChI is InChI=1S/C15H23NO3Si/c1-3-18-20(19-4-2)15-11-6-5-9-14(15)10-7-8-12-16-13-17/h5-6,9,11,20H,3-4,7-8,10,12H2,1-2H3. The second kappa shape index (κ2) is 10.5. The normalized spacial score (nSPS) is 10.6. The van der Waals surface area contributed by atoms with Gasteiger partial charge in [0, 0.05) is 13.2 Å². The number of unbranched alkanes of at least 4 members (excludes halogenated alkanes) is 1. The highest BCUT2D eigenvalue weighted by Crippen LogP contribution is 2.06. The van der Waals surface area contributed by atoms with Crippen molar-refractivity contribution >= 4 is 20.6 Å². The SMILES string of the molecule is CCO[SiH](OCC)c1ccccc1CCCCN=C=O. The second-order valence-electron chi connectivity index (χ2n) is 4.37. The van der Waals surface area contributed by atoms with E-state index >= 15 is 0 Å². The number of carbonyl (C=O) groups excluding carboxylic acids is 1. The summed E-state index contributed by atoms with van der Waals surface area (Å²) in [6.07, 6.45) is 4.44. The zero-order chi connectivity index (χ0) is 14.6. The first kappa shape index (κ1) is 16.8. The van der Waals surface area contributed by atoms with Crippen LogP contribution in [-0.2, 0) is 20.1 Å². The number of rotatable bonds is 10. The van der Waals surface area contributed by atoms with Gasteiger partial charge in [-0.2, -0.15) is 0 Å². The van der Waals surface area contributed by atoms with Crippen molar-refractivity contribution in [2.75, 3.05) is 19.8 Å². The van der Waals surface area contributed by atoms with E-state index in [1.54, 1.807) is 6.08 Å². The summed E-state index contributed by atoms with van der Waals surface area (Å²) in [7, 11) is -1.78. The Bertz CT molecular complexity index is 427. The van der Waals surface area contributed by atoms with Gasteiger partial charge in [-0.3, -0.25) is 0 Å². The largest absolute Gasteiger partial charge is 0.394 e. The van der Waals surface area contributed by atoms with Crippen LogP contribution >= 0.6 is 0 Å². The fraction of sp³-hybridized carbons (Fsp3) is 0.533. The summed E-state index contributed by atoms with van der Waals surface area (Å²) in [4.78, 5) is 13.6. The number of isocyanates is 1. The van der Waals surface area contributed by atoms with E-state index < -0.39 is 9.28 Å². The van der Waals surface area contributed by atoms with E-state index in [2.05, 4.69) is 17.1 Å². The zero-order valence-corrected chi connectivity index (χ0v) is 13.5. The molecule has 0 unspecified atom stereocenters. The van der Waals surface area contributed by atoms with E-state index in [0.29, 0.717) is 19.8 Å². The lowest BCUT2D eigenvalue weighted by Crippen LogP contribution is -2.39. The predicted molar refractivity (Wildman–Crippen MR) is 82.4 cm³/mol. The predicted octanol–water partition coefficient (Wildman–Crippen LogP) is 1.85. The van der Waals surface area contributed by atoms with Gasteiger partial charge in [0.15, 0.2) is 0 Å². The average Bonchev–Trinajstić information content (AvgIpc) is 2.47. The van der Waals surface area contributed by atoms with Gasteiger partial charge < -0.3 is 8.85 Å². The van der Waals surface area contributed by atoms with Crippen LogP contribution in [0.4, 0.5) is 0 Å². The number of hydrogen-bond donors (Lipinski definition) is 0. The van der Waals surface area contributed by atoms with Crippen LogP contribution in [0.2, 0.25) is 0 Å². The minimum absolute atomic E-state index is 0.559. The Balaban J connectivity index is 2.67. The molecule has 1 aromatic rings. The first-order valence-corrected chi connectivity index (χ1v) is 8.70. The van der Waals surface area contributed by atoms with Gasteiger partial charge in [0.1, 0.15) is 0 Å². The lowest BCUT2D eigenvalue weighted by Gasteiger charge is -2.18. The van der Waals surface area contributed by atoms with Crippen LogP contribution in [0.3, 0.4) is 0 Å². The topological polar surface area (TPSA) is 47.9 Å². The highest BCUT2D eigenvalue weighted by Gasteiger charge is 2.18. The van der Waals surface area contributed by atoms with Crippen LogP contribution in [0.1, 0.15) is 32.3 Å². The third-order valence-electron chi connectivity index (χ3n) is 2.98. The van der Waals surface area contributed by atoms with Crippen molar-refractivity contribution in [1.29, 1.82) is 0 Å². The minimum Gasteiger partial charge on any atom is -0.394 e. The van der Waals surface area contributed by atoms with Gasteiger partial charge in [0.05, 0.1) is 6.54 Å². The molecule has 0 aliphatic carbocycles. The fourth-order valence-corrected chi connectivity index (χ4v) is 3.95. The van der Waals surface area contributed by atoms with Gasteiger partial charge in [-0.1, -0.05) is 24.3 Å². The molecule has 0 spiro atoms. The molecule has 5 heteroatoms. The summed E-state index contributed by atoms with van der Waals surface area (Å²) in [5.41, 5.74) is 1.29. The second-order valence-corrected chi connectivity index (χ2v) is 6.32. The molecule has 0 heterocycles. The molecule has 0 fully saturated rings. The van der Waals surface area contributed by atoms with E-state index in [4.69, 9.17) is 8.85 Å². The average molecular weight is 293 g/mol. The number of hydrogen-bond acceptors (Lipinski definition) is 4. The summed E-state index contributed by atoms with van der Waals surface area (Å²) in [6, 6.07) is 8.33. The van der Waals surface area contributed by atoms with Crippen molar-refractivity contribution in [3.05, 3.63) is 29.8 Å². The monoisotopic (exact) mass is 293 g/mol. The number of aryl methyl sites for hydroxylation is 1. The van der Waals surface area contributed by atoms with Crippen molar-refractivity contribution < 1.29 is 13.6 Å². The Kier molecular flexibility index (Phi) is 8.83. The lowest BCUT2D eigenvalue weighted by atomic mass is 10.1. The third kappa shape index (κ3) is 5.80. The number of benzene rings is 1. The van der Waals surface area contributed by atoms with E-state index in [1.165, 1.54) is 10.8 Å². The maximum Gasteiger partial charge on any atom is 0.356 e. The van der Waals surface area contributed by atoms with E-state index in [-0.39, 0.29) is 0 Å². The molecule has 0 N–H and O–H groups in total. The van der Waals surface area contributed by atoms with Crippen molar-refractivity contribution in [3.63, 3.8) is 0 Å². The summed E-state index contributed by atoms with van der Waals surface area (Å²) in [6.45, 7) is 5.92. The maximum absolute atomic E-state index is 10.0. The lowest BCUT2D eigenvalue weighted by molar-refractivity contribution is 0.225. The molecule has 0 aliphatic heterocycles. The van der Waals surface area contributed by atoms with Gasteiger partial charge in [0.2, 0.25) is 6.08 Å². The summed E-state index contributed by atoms with van der Waals surface area (Å²) >= 11 is 0. The minimum atomic E-state index is -1.78. The van der Waals surface area contributed by atoms with Crippen molar-refractivity contribution in [2.45, 2.75) is 33.1 Å². The molecule has 110 valence electrons. The Morgan fingerprint density at radius 3 is 2.50 bits per heavy atom. The molecule has 0 atom stereocenters. The van der Waals surface area contributed by atoms with Crippen LogP contribution in [-0.4, -0.2) is 35.1 Å². The van der Waals surface area contributed by atoms with Crippen molar-refractivity contribution in [1.82, 2.24) is 0 Å². The molecular weight excluding hydrogens is 270 g/mol. The van der Waals surface area contributed by atoms with Gasteiger partial charge in [-0.05, 0) is 43.9 Å². The molecular formula is C15H23NO3Si. The molecule has 0 aliphatic rings. The maximum atomic E-state index is 10.0. The molecule has 0 bridgehead atoms. The van der Waals surface area contributed by atoms with Crippen LogP contribution < -0.4 is 5.19 Å². The molecule has 0 radical (unpaired) electrons. The Labute approximate surface area is 122 Å². The molecule has 0 saturated carbocycles. The van der Waals surface area contributed by atoms with Gasteiger partial charge in [-0.15, -0.1) is 0 Å². The molecule has 0 aromatic heterocycles. The molecule has 1 aromatic carbocycles. The first-order chi connectivity index (χ1) is 9.83. The first-order valence-electron chi connectivity index (χ1n) is 7.18. The Morgan fingerprint density at radius 1 is 1.15 bits per heavy atom. The van der Waals surface area contributed by atoms with Crippen LogP contribution in [0.5, 0.6) is 0 Å². The summed E-state index contributed by atoms with van der Waals surface area (Å²) in [5, 5.41) is 1.23. The summed E-state index contributed by atoms with van der Waals surface area (Å²) in [5.74, 6) is 0.